The zero-order valence-corrected chi connectivity index (χ0v) is 16.1. The Balaban J connectivity index is 0.00000243. The van der Waals surface area contributed by atoms with E-state index in [0.29, 0.717) is 21.2 Å². The van der Waals surface area contributed by atoms with Crippen LogP contribution in [0.2, 0.25) is 0 Å². The van der Waals surface area contributed by atoms with Crippen LogP contribution in [0.5, 0.6) is 0 Å². The number of carbonyl (C=O) groups excluding carboxylic acids is 1. The molecule has 26 heavy (non-hydrogen) atoms. The Morgan fingerprint density at radius 1 is 1.42 bits per heavy atom. The number of nitrogens with zero attached hydrogens (tertiary/aromatic N) is 2. The van der Waals surface area contributed by atoms with Gasteiger partial charge in [-0.3, -0.25) is 4.79 Å². The second-order valence-electron chi connectivity index (χ2n) is 5.81. The van der Waals surface area contributed by atoms with Crippen LogP contribution in [0.3, 0.4) is 0 Å². The van der Waals surface area contributed by atoms with Crippen LogP contribution in [0.25, 0.3) is 0 Å². The van der Waals surface area contributed by atoms with Crippen molar-refractivity contribution < 1.29 is 19.3 Å². The number of thioether (sulfide) groups is 1. The molecule has 1 heterocycles. The van der Waals surface area contributed by atoms with Crippen molar-refractivity contribution in [2.75, 3.05) is 5.75 Å². The number of carbonyl (C=O) groups is 1. The standard InChI is InChI=1S/C16H16BrFN4O2S.H2O/c17-11-6-9(4-5-12(11)18)7-13(19)15-16(22-24-21-15)25-8-14(23)20-10-2-1-3-10;/h4-6,10,19H,1-3,7-8H2,(H,20,23);1H2. The summed E-state index contributed by atoms with van der Waals surface area (Å²) in [5, 5.41) is 19.1. The largest absolute Gasteiger partial charge is 0.412 e. The van der Waals surface area contributed by atoms with Crippen molar-refractivity contribution in [3.05, 3.63) is 39.7 Å². The second-order valence-corrected chi connectivity index (χ2v) is 7.62. The number of rotatable bonds is 7. The van der Waals surface area contributed by atoms with Crippen molar-refractivity contribution >= 4 is 39.3 Å². The fourth-order valence-corrected chi connectivity index (χ4v) is 3.51. The molecule has 4 N–H and O–H groups in total. The number of aromatic nitrogens is 2. The third kappa shape index (κ3) is 5.12. The van der Waals surface area contributed by atoms with Crippen molar-refractivity contribution in [1.82, 2.24) is 15.6 Å². The van der Waals surface area contributed by atoms with Gasteiger partial charge in [0.15, 0.2) is 10.7 Å². The molecule has 1 saturated carbocycles. The SMILES string of the molecule is N=C(Cc1ccc(F)c(Br)c1)c1nonc1SCC(=O)NC1CCC1.O. The van der Waals surface area contributed by atoms with Crippen molar-refractivity contribution in [2.45, 2.75) is 36.8 Å². The summed E-state index contributed by atoms with van der Waals surface area (Å²) >= 11 is 4.32. The van der Waals surface area contributed by atoms with Crippen LogP contribution in [0.1, 0.15) is 30.5 Å². The minimum Gasteiger partial charge on any atom is -0.412 e. The summed E-state index contributed by atoms with van der Waals surface area (Å²) in [5.74, 6) is -0.211. The van der Waals surface area contributed by atoms with Crippen LogP contribution in [0.4, 0.5) is 4.39 Å². The molecule has 0 unspecified atom stereocenters. The first-order chi connectivity index (χ1) is 12.0. The van der Waals surface area contributed by atoms with Gasteiger partial charge in [0.05, 0.1) is 15.9 Å². The fraction of sp³-hybridized carbons (Fsp3) is 0.375. The molecule has 1 aromatic carbocycles. The minimum absolute atomic E-state index is 0. The number of benzene rings is 1. The van der Waals surface area contributed by atoms with E-state index < -0.39 is 0 Å². The average molecular weight is 445 g/mol. The molecule has 0 aliphatic heterocycles. The highest BCUT2D eigenvalue weighted by Gasteiger charge is 2.21. The summed E-state index contributed by atoms with van der Waals surface area (Å²) in [6, 6.07) is 4.86. The molecule has 3 rings (SSSR count). The van der Waals surface area contributed by atoms with Crippen LogP contribution >= 0.6 is 27.7 Å². The van der Waals surface area contributed by atoms with Gasteiger partial charge in [0.2, 0.25) is 5.91 Å². The van der Waals surface area contributed by atoms with E-state index in [4.69, 9.17) is 10.0 Å². The van der Waals surface area contributed by atoms with Crippen molar-refractivity contribution in [3.8, 4) is 0 Å². The van der Waals surface area contributed by atoms with Crippen LogP contribution in [0.15, 0.2) is 32.3 Å². The number of hydrogen-bond donors (Lipinski definition) is 2. The van der Waals surface area contributed by atoms with Gasteiger partial charge in [-0.25, -0.2) is 9.02 Å². The van der Waals surface area contributed by atoms with Crippen molar-refractivity contribution in [2.24, 2.45) is 0 Å². The lowest BCUT2D eigenvalue weighted by Crippen LogP contribution is -2.40. The first-order valence-corrected chi connectivity index (χ1v) is 9.57. The molecule has 0 spiro atoms. The quantitative estimate of drug-likeness (QED) is 0.501. The average Bonchev–Trinajstić information content (AvgIpc) is 3.01. The molecule has 0 atom stereocenters. The van der Waals surface area contributed by atoms with Gasteiger partial charge in [0.1, 0.15) is 5.82 Å². The molecule has 2 aromatic rings. The molecule has 10 heteroatoms. The normalized spacial score (nSPS) is 13.6. The summed E-state index contributed by atoms with van der Waals surface area (Å²) in [6.07, 6.45) is 3.48. The molecule has 0 radical (unpaired) electrons. The van der Waals surface area contributed by atoms with Gasteiger partial charge < -0.3 is 16.2 Å². The Morgan fingerprint density at radius 3 is 2.85 bits per heavy atom. The van der Waals surface area contributed by atoms with Gasteiger partial charge in [-0.2, -0.15) is 0 Å². The predicted octanol–water partition coefficient (Wildman–Crippen LogP) is 2.52. The van der Waals surface area contributed by atoms with E-state index in [1.54, 1.807) is 12.1 Å². The fourth-order valence-electron chi connectivity index (χ4n) is 2.35. The molecule has 1 amide bonds. The van der Waals surface area contributed by atoms with Gasteiger partial charge in [-0.05, 0) is 63.2 Å². The van der Waals surface area contributed by atoms with E-state index in [2.05, 4.69) is 31.6 Å². The van der Waals surface area contributed by atoms with E-state index >= 15 is 0 Å². The lowest BCUT2D eigenvalue weighted by atomic mass is 9.93. The van der Waals surface area contributed by atoms with E-state index in [-0.39, 0.29) is 35.1 Å². The van der Waals surface area contributed by atoms with Crippen LogP contribution in [-0.4, -0.2) is 39.2 Å². The summed E-state index contributed by atoms with van der Waals surface area (Å²) in [7, 11) is 0. The molecule has 1 aliphatic carbocycles. The highest BCUT2D eigenvalue weighted by atomic mass is 79.9. The third-order valence-corrected chi connectivity index (χ3v) is 5.47. The molecule has 1 aromatic heterocycles. The summed E-state index contributed by atoms with van der Waals surface area (Å²) in [5.41, 5.74) is 1.27. The Morgan fingerprint density at radius 2 is 2.19 bits per heavy atom. The lowest BCUT2D eigenvalue weighted by Gasteiger charge is -2.26. The monoisotopic (exact) mass is 444 g/mol. The molecular weight excluding hydrogens is 427 g/mol. The minimum atomic E-state index is -0.355. The third-order valence-electron chi connectivity index (χ3n) is 3.92. The number of halogens is 2. The molecule has 7 nitrogen and oxygen atoms in total. The molecular formula is C16H18BrFN4O3S. The van der Waals surface area contributed by atoms with Gasteiger partial charge in [-0.1, -0.05) is 17.8 Å². The van der Waals surface area contributed by atoms with E-state index in [0.717, 1.165) is 24.8 Å². The maximum atomic E-state index is 13.3. The lowest BCUT2D eigenvalue weighted by molar-refractivity contribution is -0.119. The molecule has 1 aliphatic rings. The summed E-state index contributed by atoms with van der Waals surface area (Å²) in [6.45, 7) is 0. The highest BCUT2D eigenvalue weighted by Crippen LogP contribution is 2.23. The van der Waals surface area contributed by atoms with E-state index in [1.165, 1.54) is 17.8 Å². The van der Waals surface area contributed by atoms with E-state index in [1.807, 2.05) is 0 Å². The van der Waals surface area contributed by atoms with E-state index in [9.17, 15) is 9.18 Å². The Bertz CT molecular complexity index is 798. The number of amides is 1. The summed E-state index contributed by atoms with van der Waals surface area (Å²) < 4.78 is 18.4. The van der Waals surface area contributed by atoms with Crippen molar-refractivity contribution in [1.29, 1.82) is 5.41 Å². The molecule has 0 bridgehead atoms. The molecule has 0 saturated heterocycles. The maximum Gasteiger partial charge on any atom is 0.230 e. The maximum absolute atomic E-state index is 13.3. The molecule has 140 valence electrons. The topological polar surface area (TPSA) is 123 Å². The van der Waals surface area contributed by atoms with Gasteiger partial charge in [-0.15, -0.1) is 0 Å². The smallest absolute Gasteiger partial charge is 0.230 e. The zero-order valence-electron chi connectivity index (χ0n) is 13.7. The highest BCUT2D eigenvalue weighted by molar-refractivity contribution is 9.10. The van der Waals surface area contributed by atoms with Gasteiger partial charge in [0, 0.05) is 12.5 Å². The second kappa shape index (κ2) is 9.24. The first kappa shape index (κ1) is 20.5. The Labute approximate surface area is 162 Å². The first-order valence-electron chi connectivity index (χ1n) is 7.79. The van der Waals surface area contributed by atoms with Crippen LogP contribution in [0, 0.1) is 11.2 Å². The van der Waals surface area contributed by atoms with Crippen molar-refractivity contribution in [3.63, 3.8) is 0 Å². The zero-order chi connectivity index (χ0) is 17.8. The number of nitrogens with one attached hydrogen (secondary N) is 2. The summed E-state index contributed by atoms with van der Waals surface area (Å²) in [4.78, 5) is 11.9. The Kier molecular flexibility index (Phi) is 7.30. The molecule has 1 fully saturated rings. The predicted molar refractivity (Wildman–Crippen MR) is 99.1 cm³/mol. The Hall–Kier alpha value is -1.78. The number of hydrogen-bond acceptors (Lipinski definition) is 6. The van der Waals surface area contributed by atoms with Crippen LogP contribution < -0.4 is 5.32 Å². The van der Waals surface area contributed by atoms with Gasteiger partial charge >= 0.3 is 0 Å². The van der Waals surface area contributed by atoms with Gasteiger partial charge in [0.25, 0.3) is 0 Å². The van der Waals surface area contributed by atoms with Crippen LogP contribution in [-0.2, 0) is 11.2 Å².